The van der Waals surface area contributed by atoms with E-state index in [4.69, 9.17) is 15.8 Å². The summed E-state index contributed by atoms with van der Waals surface area (Å²) in [5, 5.41) is 11.2. The monoisotopic (exact) mass is 415 g/mol. The average Bonchev–Trinajstić information content (AvgIpc) is 2.84. The number of carboxylic acid groups (broad SMARTS) is 1. The fraction of sp³-hybridized carbons (Fsp3) is 0.500. The van der Waals surface area contributed by atoms with Gasteiger partial charge in [0, 0.05) is 24.9 Å². The first kappa shape index (κ1) is 15.3. The highest BCUT2D eigenvalue weighted by molar-refractivity contribution is 14.1. The van der Waals surface area contributed by atoms with E-state index in [-0.39, 0.29) is 0 Å². The van der Waals surface area contributed by atoms with Crippen LogP contribution in [0.15, 0.2) is 12.4 Å². The molecule has 0 aliphatic heterocycles. The first-order valence-corrected chi connectivity index (χ1v) is 8.39. The van der Waals surface area contributed by atoms with Gasteiger partial charge in [-0.3, -0.25) is 4.40 Å². The molecule has 0 saturated heterocycles. The van der Waals surface area contributed by atoms with Crippen molar-refractivity contribution in [3.63, 3.8) is 0 Å². The minimum atomic E-state index is -0.945. The zero-order valence-corrected chi connectivity index (χ0v) is 14.2. The van der Waals surface area contributed by atoms with Crippen molar-refractivity contribution in [2.24, 2.45) is 5.92 Å². The number of carbonyl (C=O) groups is 1. The number of anilines is 1. The number of halogens is 1. The molecule has 2 aromatic rings. The van der Waals surface area contributed by atoms with E-state index < -0.39 is 6.09 Å². The lowest BCUT2D eigenvalue weighted by atomic mass is 9.81. The molecule has 7 nitrogen and oxygen atoms in total. The Morgan fingerprint density at radius 1 is 1.45 bits per heavy atom. The summed E-state index contributed by atoms with van der Waals surface area (Å²) in [5.41, 5.74) is 6.83. The molecule has 8 heteroatoms. The number of nitrogens with two attached hydrogens (primary N) is 1. The van der Waals surface area contributed by atoms with Gasteiger partial charge in [-0.25, -0.2) is 14.8 Å². The van der Waals surface area contributed by atoms with E-state index in [1.54, 1.807) is 6.20 Å². The van der Waals surface area contributed by atoms with Crippen LogP contribution in [0.5, 0.6) is 0 Å². The predicted octanol–water partition coefficient (Wildman–Crippen LogP) is 2.46. The highest BCUT2D eigenvalue weighted by Crippen LogP contribution is 2.36. The first-order valence-electron chi connectivity index (χ1n) is 7.31. The van der Waals surface area contributed by atoms with Crippen LogP contribution >= 0.6 is 22.6 Å². The molecule has 1 amide bonds. The summed E-state index contributed by atoms with van der Waals surface area (Å²) in [5.74, 6) is 2.35. The van der Waals surface area contributed by atoms with Crippen molar-refractivity contribution < 1.29 is 9.90 Å². The molecule has 0 aromatic carbocycles. The van der Waals surface area contributed by atoms with Crippen LogP contribution in [0.3, 0.4) is 0 Å². The molecule has 0 unspecified atom stereocenters. The molecule has 0 atom stereocenters. The van der Waals surface area contributed by atoms with Crippen molar-refractivity contribution >= 4 is 40.0 Å². The van der Waals surface area contributed by atoms with Crippen LogP contribution < -0.4 is 11.1 Å². The van der Waals surface area contributed by atoms with Crippen LogP contribution in [0.2, 0.25) is 0 Å². The molecule has 118 valence electrons. The van der Waals surface area contributed by atoms with E-state index in [0.29, 0.717) is 24.2 Å². The van der Waals surface area contributed by atoms with Gasteiger partial charge in [0.2, 0.25) is 0 Å². The molecular weight excluding hydrogens is 397 g/mol. The molecule has 1 fully saturated rings. The quantitative estimate of drug-likeness (QED) is 0.668. The molecule has 0 radical (unpaired) electrons. The molecule has 0 spiro atoms. The van der Waals surface area contributed by atoms with Crippen molar-refractivity contribution in [2.75, 3.05) is 12.3 Å². The van der Waals surface area contributed by atoms with Crippen molar-refractivity contribution in [1.29, 1.82) is 0 Å². The smallest absolute Gasteiger partial charge is 0.404 e. The van der Waals surface area contributed by atoms with Gasteiger partial charge < -0.3 is 16.2 Å². The highest BCUT2D eigenvalue weighted by Gasteiger charge is 2.26. The lowest BCUT2D eigenvalue weighted by Crippen LogP contribution is -2.30. The van der Waals surface area contributed by atoms with Crippen LogP contribution in [0.25, 0.3) is 5.52 Å². The zero-order chi connectivity index (χ0) is 15.7. The van der Waals surface area contributed by atoms with Crippen LogP contribution in [0.4, 0.5) is 10.6 Å². The predicted molar refractivity (Wildman–Crippen MR) is 90.8 cm³/mol. The second kappa shape index (κ2) is 6.27. The van der Waals surface area contributed by atoms with Gasteiger partial charge in [-0.05, 0) is 54.2 Å². The highest BCUT2D eigenvalue weighted by atomic mass is 127. The third-order valence-electron chi connectivity index (χ3n) is 4.32. The number of amides is 1. The summed E-state index contributed by atoms with van der Waals surface area (Å²) in [4.78, 5) is 19.4. The third kappa shape index (κ3) is 2.96. The number of aromatic nitrogens is 3. The van der Waals surface area contributed by atoms with E-state index in [2.05, 4.69) is 32.9 Å². The normalized spacial score (nSPS) is 21.9. The van der Waals surface area contributed by atoms with Gasteiger partial charge >= 0.3 is 6.09 Å². The van der Waals surface area contributed by atoms with E-state index in [0.717, 1.165) is 40.7 Å². The van der Waals surface area contributed by atoms with Gasteiger partial charge in [0.15, 0.2) is 5.82 Å². The zero-order valence-electron chi connectivity index (χ0n) is 12.0. The maximum atomic E-state index is 10.6. The van der Waals surface area contributed by atoms with E-state index in [9.17, 15) is 4.79 Å². The Bertz CT molecular complexity index is 694. The van der Waals surface area contributed by atoms with E-state index in [1.807, 2.05) is 10.6 Å². The number of nitrogen functional groups attached to an aromatic ring is 1. The number of nitrogens with one attached hydrogen (secondary N) is 1. The Morgan fingerprint density at radius 2 is 2.18 bits per heavy atom. The molecule has 22 heavy (non-hydrogen) atoms. The SMILES string of the molecule is Nc1nccn2c1c(I)nc2[C@H]1CC[C@H](CNC(=O)O)CC1. The summed E-state index contributed by atoms with van der Waals surface area (Å²) in [6.45, 7) is 0.540. The Kier molecular flexibility index (Phi) is 4.37. The summed E-state index contributed by atoms with van der Waals surface area (Å²) < 4.78 is 2.93. The van der Waals surface area contributed by atoms with Crippen molar-refractivity contribution in [1.82, 2.24) is 19.7 Å². The number of imidazole rings is 1. The minimum absolute atomic E-state index is 0.388. The van der Waals surface area contributed by atoms with Crippen LogP contribution in [-0.2, 0) is 0 Å². The van der Waals surface area contributed by atoms with Gasteiger partial charge in [-0.1, -0.05) is 0 Å². The van der Waals surface area contributed by atoms with Gasteiger partial charge in [0.1, 0.15) is 15.0 Å². The number of rotatable bonds is 3. The standard InChI is InChI=1S/C14H18IN5O2/c15-11-10-12(16)17-5-6-20(10)13(19-11)9-3-1-8(2-4-9)7-18-14(21)22/h5-6,8-9,18H,1-4,7H2,(H2,16,17)(H,21,22)/t8-,9-. The Balaban J connectivity index is 1.74. The van der Waals surface area contributed by atoms with E-state index >= 15 is 0 Å². The topological polar surface area (TPSA) is 106 Å². The second-order valence-corrected chi connectivity index (χ2v) is 6.72. The molecule has 0 bridgehead atoms. The Labute approximate surface area is 141 Å². The maximum Gasteiger partial charge on any atom is 0.404 e. The largest absolute Gasteiger partial charge is 0.465 e. The lowest BCUT2D eigenvalue weighted by molar-refractivity contribution is 0.189. The molecule has 1 aliphatic carbocycles. The second-order valence-electron chi connectivity index (χ2n) is 5.70. The molecular formula is C14H18IN5O2. The molecule has 2 heterocycles. The van der Waals surface area contributed by atoms with Gasteiger partial charge in [0.25, 0.3) is 0 Å². The van der Waals surface area contributed by atoms with Gasteiger partial charge in [-0.2, -0.15) is 0 Å². The molecule has 3 rings (SSSR count). The number of fused-ring (bicyclic) bond motifs is 1. The fourth-order valence-corrected chi connectivity index (χ4v) is 3.97. The van der Waals surface area contributed by atoms with Crippen molar-refractivity contribution in [2.45, 2.75) is 31.6 Å². The van der Waals surface area contributed by atoms with Crippen LogP contribution in [0, 0.1) is 9.62 Å². The molecule has 1 aliphatic rings. The maximum absolute atomic E-state index is 10.6. The third-order valence-corrected chi connectivity index (χ3v) is 5.07. The number of hydrogen-bond acceptors (Lipinski definition) is 4. The molecule has 2 aromatic heterocycles. The average molecular weight is 415 g/mol. The molecule has 1 saturated carbocycles. The summed E-state index contributed by atoms with van der Waals surface area (Å²) in [7, 11) is 0. The summed E-state index contributed by atoms with van der Waals surface area (Å²) in [6.07, 6.45) is 6.72. The van der Waals surface area contributed by atoms with Gasteiger partial charge in [-0.15, -0.1) is 0 Å². The Hall–Kier alpha value is -1.58. The number of nitrogens with zero attached hydrogens (tertiary/aromatic N) is 3. The van der Waals surface area contributed by atoms with E-state index in [1.165, 1.54) is 0 Å². The summed E-state index contributed by atoms with van der Waals surface area (Å²) in [6, 6.07) is 0. The van der Waals surface area contributed by atoms with Gasteiger partial charge in [0.05, 0.1) is 0 Å². The van der Waals surface area contributed by atoms with Crippen molar-refractivity contribution in [3.8, 4) is 0 Å². The Morgan fingerprint density at radius 3 is 2.86 bits per heavy atom. The first-order chi connectivity index (χ1) is 10.6. The lowest BCUT2D eigenvalue weighted by Gasteiger charge is -2.27. The summed E-state index contributed by atoms with van der Waals surface area (Å²) >= 11 is 2.20. The van der Waals surface area contributed by atoms with Crippen LogP contribution in [0.1, 0.15) is 37.4 Å². The minimum Gasteiger partial charge on any atom is -0.465 e. The number of hydrogen-bond donors (Lipinski definition) is 3. The fourth-order valence-electron chi connectivity index (χ4n) is 3.19. The van der Waals surface area contributed by atoms with Crippen molar-refractivity contribution in [3.05, 3.63) is 21.9 Å². The van der Waals surface area contributed by atoms with Crippen LogP contribution in [-0.4, -0.2) is 32.1 Å². The molecule has 4 N–H and O–H groups in total.